The standard InChI is InChI=1S/C20H18N4O/c1-2-6-19(5-1)24-13-18(22-23-24)15-25-14-16-8-10-17(11-9-16)20-7-3-4-12-21-20/h1-13,19H,14-15H2. The first-order valence-corrected chi connectivity index (χ1v) is 8.22. The molecule has 0 saturated carbocycles. The molecule has 5 heteroatoms. The van der Waals surface area contributed by atoms with E-state index in [1.165, 1.54) is 0 Å². The van der Waals surface area contributed by atoms with Crippen LogP contribution in [0, 0.1) is 0 Å². The van der Waals surface area contributed by atoms with E-state index in [9.17, 15) is 0 Å². The van der Waals surface area contributed by atoms with Gasteiger partial charge in [0.2, 0.25) is 0 Å². The number of nitrogens with zero attached hydrogens (tertiary/aromatic N) is 4. The van der Waals surface area contributed by atoms with E-state index in [2.05, 4.69) is 51.7 Å². The summed E-state index contributed by atoms with van der Waals surface area (Å²) in [6.07, 6.45) is 11.9. The number of ether oxygens (including phenoxy) is 1. The van der Waals surface area contributed by atoms with Crippen LogP contribution in [-0.4, -0.2) is 20.0 Å². The summed E-state index contributed by atoms with van der Waals surface area (Å²) in [5, 5.41) is 8.30. The fraction of sp³-hybridized carbons (Fsp3) is 0.150. The third kappa shape index (κ3) is 3.72. The van der Waals surface area contributed by atoms with Crippen LogP contribution in [-0.2, 0) is 18.0 Å². The Hall–Kier alpha value is -3.05. The van der Waals surface area contributed by atoms with Crippen molar-refractivity contribution < 1.29 is 4.74 Å². The fourth-order valence-corrected chi connectivity index (χ4v) is 2.70. The second kappa shape index (κ2) is 7.23. The highest BCUT2D eigenvalue weighted by molar-refractivity contribution is 5.58. The summed E-state index contributed by atoms with van der Waals surface area (Å²) >= 11 is 0. The lowest BCUT2D eigenvalue weighted by Gasteiger charge is -2.05. The molecular formula is C20H18N4O. The minimum atomic E-state index is 0.167. The lowest BCUT2D eigenvalue weighted by atomic mass is 10.1. The predicted octanol–water partition coefficient (Wildman–Crippen LogP) is 3.72. The molecule has 0 spiro atoms. The first-order valence-electron chi connectivity index (χ1n) is 8.22. The van der Waals surface area contributed by atoms with Gasteiger partial charge in [0.15, 0.2) is 0 Å². The number of hydrogen-bond donors (Lipinski definition) is 0. The quantitative estimate of drug-likeness (QED) is 0.691. The molecule has 2 heterocycles. The first kappa shape index (κ1) is 15.5. The van der Waals surface area contributed by atoms with E-state index < -0.39 is 0 Å². The van der Waals surface area contributed by atoms with E-state index in [0.717, 1.165) is 22.5 Å². The monoisotopic (exact) mass is 330 g/mol. The van der Waals surface area contributed by atoms with Crippen molar-refractivity contribution in [1.29, 1.82) is 0 Å². The number of rotatable bonds is 6. The van der Waals surface area contributed by atoms with E-state index in [4.69, 9.17) is 4.74 Å². The normalized spacial score (nSPS) is 13.6. The Labute approximate surface area is 146 Å². The van der Waals surface area contributed by atoms with Crippen molar-refractivity contribution in [2.45, 2.75) is 19.3 Å². The maximum absolute atomic E-state index is 5.76. The molecule has 0 bridgehead atoms. The fourth-order valence-electron chi connectivity index (χ4n) is 2.70. The van der Waals surface area contributed by atoms with Gasteiger partial charge in [-0.3, -0.25) is 4.98 Å². The molecule has 0 aliphatic heterocycles. The summed E-state index contributed by atoms with van der Waals surface area (Å²) in [6.45, 7) is 0.987. The molecule has 0 radical (unpaired) electrons. The predicted molar refractivity (Wildman–Crippen MR) is 95.5 cm³/mol. The molecule has 1 aliphatic carbocycles. The average molecular weight is 330 g/mol. The summed E-state index contributed by atoms with van der Waals surface area (Å²) in [5.41, 5.74) is 4.03. The van der Waals surface area contributed by atoms with Gasteiger partial charge in [-0.2, -0.15) is 0 Å². The Morgan fingerprint density at radius 1 is 0.960 bits per heavy atom. The summed E-state index contributed by atoms with van der Waals surface area (Å²) in [5.74, 6) is 0. The van der Waals surface area contributed by atoms with Crippen LogP contribution in [0.25, 0.3) is 11.3 Å². The van der Waals surface area contributed by atoms with Gasteiger partial charge >= 0.3 is 0 Å². The third-order valence-corrected chi connectivity index (χ3v) is 4.02. The Balaban J connectivity index is 1.31. The third-order valence-electron chi connectivity index (χ3n) is 4.02. The van der Waals surface area contributed by atoms with E-state index in [1.807, 2.05) is 41.2 Å². The van der Waals surface area contributed by atoms with E-state index in [0.29, 0.717) is 13.2 Å². The molecule has 0 unspecified atom stereocenters. The lowest BCUT2D eigenvalue weighted by molar-refractivity contribution is 0.104. The number of allylic oxidation sites excluding steroid dienone is 4. The highest BCUT2D eigenvalue weighted by Gasteiger charge is 2.09. The van der Waals surface area contributed by atoms with Gasteiger partial charge in [0.25, 0.3) is 0 Å². The Kier molecular flexibility index (Phi) is 4.48. The highest BCUT2D eigenvalue weighted by atomic mass is 16.5. The molecule has 0 amide bonds. The van der Waals surface area contributed by atoms with Crippen LogP contribution >= 0.6 is 0 Å². The maximum atomic E-state index is 5.76. The molecule has 4 rings (SSSR count). The number of aromatic nitrogens is 4. The van der Waals surface area contributed by atoms with Gasteiger partial charge in [0.1, 0.15) is 5.69 Å². The second-order valence-corrected chi connectivity index (χ2v) is 5.85. The van der Waals surface area contributed by atoms with Crippen molar-refractivity contribution in [2.24, 2.45) is 0 Å². The summed E-state index contributed by atoms with van der Waals surface area (Å²) < 4.78 is 7.59. The van der Waals surface area contributed by atoms with Crippen LogP contribution < -0.4 is 0 Å². The number of pyridine rings is 1. The van der Waals surface area contributed by atoms with Crippen molar-refractivity contribution in [3.8, 4) is 11.3 Å². The molecule has 1 aromatic carbocycles. The second-order valence-electron chi connectivity index (χ2n) is 5.85. The zero-order chi connectivity index (χ0) is 16.9. The zero-order valence-electron chi connectivity index (χ0n) is 13.7. The molecule has 0 saturated heterocycles. The Bertz CT molecular complexity index is 870. The maximum Gasteiger partial charge on any atom is 0.108 e. The van der Waals surface area contributed by atoms with E-state index in [1.54, 1.807) is 6.20 Å². The van der Waals surface area contributed by atoms with Crippen molar-refractivity contribution in [2.75, 3.05) is 0 Å². The smallest absolute Gasteiger partial charge is 0.108 e. The number of benzene rings is 1. The SMILES string of the molecule is C1=CC(n2cc(COCc3ccc(-c4ccccn4)cc3)nn2)C=C1. The molecule has 0 fully saturated rings. The van der Waals surface area contributed by atoms with Gasteiger partial charge in [-0.05, 0) is 17.7 Å². The van der Waals surface area contributed by atoms with Crippen LogP contribution in [0.3, 0.4) is 0 Å². The highest BCUT2D eigenvalue weighted by Crippen LogP contribution is 2.18. The van der Waals surface area contributed by atoms with Crippen LogP contribution in [0.2, 0.25) is 0 Å². The van der Waals surface area contributed by atoms with Gasteiger partial charge < -0.3 is 4.74 Å². The molecule has 3 aromatic rings. The van der Waals surface area contributed by atoms with Crippen LogP contribution in [0.4, 0.5) is 0 Å². The largest absolute Gasteiger partial charge is 0.370 e. The van der Waals surface area contributed by atoms with E-state index in [-0.39, 0.29) is 6.04 Å². The van der Waals surface area contributed by atoms with Gasteiger partial charge in [0.05, 0.1) is 31.1 Å². The van der Waals surface area contributed by atoms with Gasteiger partial charge in [-0.25, -0.2) is 4.68 Å². The van der Waals surface area contributed by atoms with Crippen molar-refractivity contribution in [3.05, 3.63) is 90.4 Å². The number of hydrogen-bond acceptors (Lipinski definition) is 4. The first-order chi connectivity index (χ1) is 12.4. The van der Waals surface area contributed by atoms with Gasteiger partial charge in [0, 0.05) is 11.8 Å². The summed E-state index contributed by atoms with van der Waals surface area (Å²) in [6, 6.07) is 14.3. The Morgan fingerprint density at radius 2 is 1.80 bits per heavy atom. The Morgan fingerprint density at radius 3 is 2.56 bits per heavy atom. The van der Waals surface area contributed by atoms with Gasteiger partial charge in [-0.1, -0.05) is 59.8 Å². The van der Waals surface area contributed by atoms with Crippen LogP contribution in [0.5, 0.6) is 0 Å². The van der Waals surface area contributed by atoms with Gasteiger partial charge in [-0.15, -0.1) is 5.10 Å². The van der Waals surface area contributed by atoms with Crippen molar-refractivity contribution >= 4 is 0 Å². The van der Waals surface area contributed by atoms with Crippen LogP contribution in [0.1, 0.15) is 17.3 Å². The molecule has 0 atom stereocenters. The van der Waals surface area contributed by atoms with E-state index >= 15 is 0 Å². The molecule has 25 heavy (non-hydrogen) atoms. The van der Waals surface area contributed by atoms with Crippen LogP contribution in [0.15, 0.2) is 79.2 Å². The molecule has 0 N–H and O–H groups in total. The molecule has 1 aliphatic rings. The van der Waals surface area contributed by atoms with Crippen molar-refractivity contribution in [1.82, 2.24) is 20.0 Å². The molecule has 2 aromatic heterocycles. The topological polar surface area (TPSA) is 52.8 Å². The summed E-state index contributed by atoms with van der Waals surface area (Å²) in [4.78, 5) is 4.36. The lowest BCUT2D eigenvalue weighted by Crippen LogP contribution is -2.02. The molecule has 5 nitrogen and oxygen atoms in total. The molecule has 124 valence electrons. The van der Waals surface area contributed by atoms with Crippen molar-refractivity contribution in [3.63, 3.8) is 0 Å². The summed E-state index contributed by atoms with van der Waals surface area (Å²) in [7, 11) is 0. The average Bonchev–Trinajstić information content (AvgIpc) is 3.35. The molecular weight excluding hydrogens is 312 g/mol. The minimum Gasteiger partial charge on any atom is -0.370 e. The zero-order valence-corrected chi connectivity index (χ0v) is 13.7. The minimum absolute atomic E-state index is 0.167.